The highest BCUT2D eigenvalue weighted by Gasteiger charge is 2.16. The smallest absolute Gasteiger partial charge is 0.262 e. The van der Waals surface area contributed by atoms with Crippen LogP contribution in [0.5, 0.6) is 0 Å². The molecule has 4 rings (SSSR count). The van der Waals surface area contributed by atoms with E-state index in [-0.39, 0.29) is 17.9 Å². The Morgan fingerprint density at radius 1 is 1.21 bits per heavy atom. The van der Waals surface area contributed by atoms with E-state index in [1.807, 2.05) is 36.6 Å². The third-order valence-corrected chi connectivity index (χ3v) is 7.35. The molecule has 176 valence electrons. The maximum atomic E-state index is 13.1. The lowest BCUT2D eigenvalue weighted by Gasteiger charge is -2.30. The van der Waals surface area contributed by atoms with Crippen LogP contribution in [0.15, 0.2) is 40.8 Å². The van der Waals surface area contributed by atoms with Crippen LogP contribution in [0.25, 0.3) is 21.3 Å². The fraction of sp³-hybridized carbons (Fsp3) is 0.500. The number of carbonyl (C=O) groups is 1. The normalized spacial score (nSPS) is 16.8. The quantitative estimate of drug-likeness (QED) is 0.473. The van der Waals surface area contributed by atoms with E-state index >= 15 is 0 Å². The number of hydrogen-bond acceptors (Lipinski definition) is 5. The van der Waals surface area contributed by atoms with Crippen molar-refractivity contribution in [3.63, 3.8) is 0 Å². The van der Waals surface area contributed by atoms with Gasteiger partial charge in [-0.25, -0.2) is 4.98 Å². The summed E-state index contributed by atoms with van der Waals surface area (Å²) < 4.78 is 1.56. The summed E-state index contributed by atoms with van der Waals surface area (Å²) in [4.78, 5) is 33.2. The summed E-state index contributed by atoms with van der Waals surface area (Å²) in [6, 6.07) is 8.16. The minimum Gasteiger partial charge on any atom is -0.356 e. The first-order valence-electron chi connectivity index (χ1n) is 12.0. The number of piperidine rings is 1. The average Bonchev–Trinajstić information content (AvgIpc) is 3.24. The molecule has 0 bridgehead atoms. The van der Waals surface area contributed by atoms with Gasteiger partial charge in [0.1, 0.15) is 4.83 Å². The molecule has 33 heavy (non-hydrogen) atoms. The number of benzene rings is 1. The lowest BCUT2D eigenvalue weighted by molar-refractivity contribution is -0.121. The molecule has 1 N–H and O–H groups in total. The highest BCUT2D eigenvalue weighted by Crippen LogP contribution is 2.30. The minimum absolute atomic E-state index is 0.0160. The summed E-state index contributed by atoms with van der Waals surface area (Å²) >= 11 is 1.48. The van der Waals surface area contributed by atoms with Crippen LogP contribution in [0.1, 0.15) is 44.6 Å². The summed E-state index contributed by atoms with van der Waals surface area (Å²) in [7, 11) is 0. The lowest BCUT2D eigenvalue weighted by atomic mass is 10.0. The summed E-state index contributed by atoms with van der Waals surface area (Å²) in [6.07, 6.45) is 6.58. The fourth-order valence-corrected chi connectivity index (χ4v) is 5.47. The predicted octanol–water partition coefficient (Wildman–Crippen LogP) is 4.45. The Kier molecular flexibility index (Phi) is 7.93. The first-order valence-corrected chi connectivity index (χ1v) is 12.9. The van der Waals surface area contributed by atoms with E-state index in [0.717, 1.165) is 41.3 Å². The summed E-state index contributed by atoms with van der Waals surface area (Å²) in [6.45, 7) is 8.93. The Labute approximate surface area is 199 Å². The van der Waals surface area contributed by atoms with Gasteiger partial charge in [-0.05, 0) is 57.2 Å². The first-order chi connectivity index (χ1) is 16.0. The Morgan fingerprint density at radius 3 is 2.82 bits per heavy atom. The Hall–Kier alpha value is -2.51. The molecule has 0 saturated carbocycles. The van der Waals surface area contributed by atoms with E-state index in [1.165, 1.54) is 42.8 Å². The molecule has 0 aliphatic carbocycles. The first kappa shape index (κ1) is 23.6. The maximum Gasteiger partial charge on any atom is 0.262 e. The number of unbranched alkanes of at least 4 members (excludes halogenated alkanes) is 1. The minimum atomic E-state index is -0.0830. The highest BCUT2D eigenvalue weighted by molar-refractivity contribution is 7.17. The van der Waals surface area contributed by atoms with Crippen LogP contribution in [0.4, 0.5) is 0 Å². The number of rotatable bonds is 9. The van der Waals surface area contributed by atoms with Crippen LogP contribution in [-0.4, -0.2) is 46.5 Å². The van der Waals surface area contributed by atoms with Gasteiger partial charge >= 0.3 is 0 Å². The molecule has 7 heteroatoms. The Bertz CT molecular complexity index is 1140. The highest BCUT2D eigenvalue weighted by atomic mass is 32.1. The van der Waals surface area contributed by atoms with Crippen LogP contribution in [0.3, 0.4) is 0 Å². The molecule has 1 saturated heterocycles. The molecular weight excluding hydrogens is 432 g/mol. The van der Waals surface area contributed by atoms with Gasteiger partial charge in [-0.15, -0.1) is 11.3 Å². The van der Waals surface area contributed by atoms with Crippen molar-refractivity contribution >= 4 is 27.5 Å². The van der Waals surface area contributed by atoms with Gasteiger partial charge < -0.3 is 10.2 Å². The molecule has 1 unspecified atom stereocenters. The SMILES string of the molecule is Cc1ccc(-c2csc3ncn(CCC(=O)NCCCCN4CCCC(C)C4)c(=O)c23)cc1. The van der Waals surface area contributed by atoms with Crippen molar-refractivity contribution in [2.75, 3.05) is 26.2 Å². The zero-order valence-electron chi connectivity index (χ0n) is 19.7. The number of likely N-dealkylation sites (tertiary alicyclic amines) is 1. The summed E-state index contributed by atoms with van der Waals surface area (Å²) in [5.41, 5.74) is 3.02. The van der Waals surface area contributed by atoms with E-state index in [1.54, 1.807) is 10.9 Å². The molecule has 3 aromatic rings. The summed E-state index contributed by atoms with van der Waals surface area (Å²) in [5, 5.41) is 5.63. The van der Waals surface area contributed by atoms with Crippen LogP contribution in [0, 0.1) is 12.8 Å². The fourth-order valence-electron chi connectivity index (χ4n) is 4.56. The van der Waals surface area contributed by atoms with Gasteiger partial charge in [-0.2, -0.15) is 0 Å². The molecule has 1 aliphatic heterocycles. The average molecular weight is 467 g/mol. The maximum absolute atomic E-state index is 13.1. The second kappa shape index (κ2) is 11.1. The number of nitrogens with zero attached hydrogens (tertiary/aromatic N) is 3. The summed E-state index contributed by atoms with van der Waals surface area (Å²) in [5.74, 6) is 0.787. The predicted molar refractivity (Wildman–Crippen MR) is 136 cm³/mol. The molecule has 1 atom stereocenters. The molecule has 1 aliphatic rings. The van der Waals surface area contributed by atoms with Crippen molar-refractivity contribution < 1.29 is 4.79 Å². The second-order valence-corrected chi connectivity index (χ2v) is 10.2. The molecule has 0 spiro atoms. The van der Waals surface area contributed by atoms with Crippen molar-refractivity contribution in [2.45, 2.75) is 52.5 Å². The second-order valence-electron chi connectivity index (χ2n) is 9.29. The van der Waals surface area contributed by atoms with Crippen LogP contribution < -0.4 is 10.9 Å². The monoisotopic (exact) mass is 466 g/mol. The number of carbonyl (C=O) groups excluding carboxylic acids is 1. The topological polar surface area (TPSA) is 67.2 Å². The van der Waals surface area contributed by atoms with Gasteiger partial charge in [0.05, 0.1) is 11.7 Å². The van der Waals surface area contributed by atoms with Crippen molar-refractivity contribution in [3.05, 3.63) is 51.9 Å². The van der Waals surface area contributed by atoms with E-state index < -0.39 is 0 Å². The van der Waals surface area contributed by atoms with Crippen molar-refractivity contribution in [3.8, 4) is 11.1 Å². The molecule has 1 amide bonds. The van der Waals surface area contributed by atoms with Crippen LogP contribution in [-0.2, 0) is 11.3 Å². The van der Waals surface area contributed by atoms with Gasteiger partial charge in [0.2, 0.25) is 5.91 Å². The Balaban J connectivity index is 1.28. The number of aryl methyl sites for hydroxylation is 2. The Morgan fingerprint density at radius 2 is 2.03 bits per heavy atom. The molecule has 1 aromatic carbocycles. The number of nitrogens with one attached hydrogen (secondary N) is 1. The molecule has 0 radical (unpaired) electrons. The van der Waals surface area contributed by atoms with Crippen molar-refractivity contribution in [1.82, 2.24) is 19.8 Å². The number of hydrogen-bond donors (Lipinski definition) is 1. The van der Waals surface area contributed by atoms with Gasteiger partial charge in [0, 0.05) is 37.0 Å². The standard InChI is InChI=1S/C26H34N4O2S/c1-19-7-9-21(10-8-19)22-17-33-25-24(22)26(32)30(18-28-25)15-11-23(31)27-12-3-4-13-29-14-5-6-20(2)16-29/h7-10,17-18,20H,3-6,11-16H2,1-2H3,(H,27,31). The van der Waals surface area contributed by atoms with Gasteiger partial charge in [-0.1, -0.05) is 36.8 Å². The number of fused-ring (bicyclic) bond motifs is 1. The molecule has 3 heterocycles. The zero-order valence-corrected chi connectivity index (χ0v) is 20.5. The third kappa shape index (κ3) is 6.09. The lowest BCUT2D eigenvalue weighted by Crippen LogP contribution is -2.35. The van der Waals surface area contributed by atoms with Crippen molar-refractivity contribution in [1.29, 1.82) is 0 Å². The van der Waals surface area contributed by atoms with Gasteiger partial charge in [0.25, 0.3) is 5.56 Å². The zero-order chi connectivity index (χ0) is 23.2. The van der Waals surface area contributed by atoms with E-state index in [0.29, 0.717) is 18.5 Å². The van der Waals surface area contributed by atoms with Crippen molar-refractivity contribution in [2.24, 2.45) is 5.92 Å². The van der Waals surface area contributed by atoms with Crippen LogP contribution in [0.2, 0.25) is 0 Å². The van der Waals surface area contributed by atoms with Crippen LogP contribution >= 0.6 is 11.3 Å². The molecule has 6 nitrogen and oxygen atoms in total. The van der Waals surface area contributed by atoms with Gasteiger partial charge in [-0.3, -0.25) is 14.2 Å². The van der Waals surface area contributed by atoms with E-state index in [2.05, 4.69) is 22.1 Å². The molecular formula is C26H34N4O2S. The number of thiophene rings is 1. The number of amides is 1. The van der Waals surface area contributed by atoms with Gasteiger partial charge in [0.15, 0.2) is 0 Å². The molecule has 2 aromatic heterocycles. The molecule has 1 fully saturated rings. The third-order valence-electron chi connectivity index (χ3n) is 6.47. The largest absolute Gasteiger partial charge is 0.356 e. The van der Waals surface area contributed by atoms with E-state index in [9.17, 15) is 9.59 Å². The number of aromatic nitrogens is 2. The van der Waals surface area contributed by atoms with E-state index in [4.69, 9.17) is 0 Å².